The summed E-state index contributed by atoms with van der Waals surface area (Å²) in [6.45, 7) is 1.65. The molecule has 0 atom stereocenters. The van der Waals surface area contributed by atoms with Crippen molar-refractivity contribution in [1.82, 2.24) is 0 Å². The first-order valence-electron chi connectivity index (χ1n) is 5.06. The number of nitriles is 1. The summed E-state index contributed by atoms with van der Waals surface area (Å²) in [6.07, 6.45) is 1.17. The lowest BCUT2D eigenvalue weighted by Crippen LogP contribution is -2.22. The van der Waals surface area contributed by atoms with Crippen molar-refractivity contribution in [3.63, 3.8) is 0 Å². The Hall–Kier alpha value is -1.89. The fourth-order valence-corrected chi connectivity index (χ4v) is 1.44. The minimum absolute atomic E-state index is 0.335. The summed E-state index contributed by atoms with van der Waals surface area (Å²) in [5.74, 6) is -0.696. The number of benzene rings is 1. The second-order valence-electron chi connectivity index (χ2n) is 4.11. The molecule has 1 saturated carbocycles. The Labute approximate surface area is 92.9 Å². The SMILES string of the molecule is Cc1ccc(NC(=O)C2(C#N)CC2)cc1F. The lowest BCUT2D eigenvalue weighted by molar-refractivity contribution is -0.119. The third kappa shape index (κ3) is 1.76. The first kappa shape index (κ1) is 10.6. The van der Waals surface area contributed by atoms with Crippen molar-refractivity contribution in [2.75, 3.05) is 5.32 Å². The van der Waals surface area contributed by atoms with E-state index in [0.29, 0.717) is 24.1 Å². The standard InChI is InChI=1S/C12H11FN2O/c1-8-2-3-9(6-10(8)13)15-11(16)12(7-14)4-5-12/h2-3,6H,4-5H2,1H3,(H,15,16). The average molecular weight is 218 g/mol. The van der Waals surface area contributed by atoms with Gasteiger partial charge in [-0.05, 0) is 37.5 Å². The molecule has 3 nitrogen and oxygen atoms in total. The van der Waals surface area contributed by atoms with Crippen molar-refractivity contribution in [3.8, 4) is 6.07 Å². The van der Waals surface area contributed by atoms with E-state index in [-0.39, 0.29) is 11.7 Å². The van der Waals surface area contributed by atoms with Crippen molar-refractivity contribution in [3.05, 3.63) is 29.6 Å². The van der Waals surface area contributed by atoms with Crippen LogP contribution in [-0.2, 0) is 4.79 Å². The number of nitrogens with one attached hydrogen (secondary N) is 1. The van der Waals surface area contributed by atoms with Crippen LogP contribution in [0.1, 0.15) is 18.4 Å². The molecular formula is C12H11FN2O. The number of hydrogen-bond donors (Lipinski definition) is 1. The highest BCUT2D eigenvalue weighted by Gasteiger charge is 2.50. The molecule has 0 spiro atoms. The van der Waals surface area contributed by atoms with Gasteiger partial charge in [0, 0.05) is 5.69 Å². The normalized spacial score (nSPS) is 16.3. The van der Waals surface area contributed by atoms with Gasteiger partial charge in [-0.15, -0.1) is 0 Å². The van der Waals surface area contributed by atoms with Crippen LogP contribution in [0.3, 0.4) is 0 Å². The second kappa shape index (κ2) is 3.60. The van der Waals surface area contributed by atoms with Crippen molar-refractivity contribution in [2.45, 2.75) is 19.8 Å². The highest BCUT2D eigenvalue weighted by Crippen LogP contribution is 2.45. The Kier molecular flexibility index (Phi) is 2.39. The highest BCUT2D eigenvalue weighted by molar-refractivity contribution is 5.99. The third-order valence-corrected chi connectivity index (χ3v) is 2.83. The Bertz CT molecular complexity index is 486. The van der Waals surface area contributed by atoms with Crippen LogP contribution in [0.15, 0.2) is 18.2 Å². The summed E-state index contributed by atoms with van der Waals surface area (Å²) < 4.78 is 13.2. The summed E-state index contributed by atoms with van der Waals surface area (Å²) in [4.78, 5) is 11.7. The van der Waals surface area contributed by atoms with Crippen molar-refractivity contribution in [2.24, 2.45) is 5.41 Å². The highest BCUT2D eigenvalue weighted by atomic mass is 19.1. The van der Waals surface area contributed by atoms with E-state index in [0.717, 1.165) is 0 Å². The molecule has 1 fully saturated rings. The van der Waals surface area contributed by atoms with Gasteiger partial charge in [0.15, 0.2) is 0 Å². The zero-order valence-corrected chi connectivity index (χ0v) is 8.88. The number of carbonyl (C=O) groups excluding carboxylic acids is 1. The smallest absolute Gasteiger partial charge is 0.244 e. The fourth-order valence-electron chi connectivity index (χ4n) is 1.44. The summed E-state index contributed by atoms with van der Waals surface area (Å²) in [6, 6.07) is 6.48. The molecule has 1 aliphatic rings. The molecule has 1 aliphatic carbocycles. The molecule has 0 radical (unpaired) electrons. The number of anilines is 1. The van der Waals surface area contributed by atoms with Crippen LogP contribution in [0.4, 0.5) is 10.1 Å². The number of halogens is 1. The van der Waals surface area contributed by atoms with E-state index in [1.807, 2.05) is 6.07 Å². The molecule has 82 valence electrons. The zero-order chi connectivity index (χ0) is 11.8. The fraction of sp³-hybridized carbons (Fsp3) is 0.333. The molecule has 0 bridgehead atoms. The molecule has 16 heavy (non-hydrogen) atoms. The maximum Gasteiger partial charge on any atom is 0.244 e. The molecule has 4 heteroatoms. The number of nitrogens with zero attached hydrogens (tertiary/aromatic N) is 1. The largest absolute Gasteiger partial charge is 0.325 e. The predicted octanol–water partition coefficient (Wildman–Crippen LogP) is 2.38. The van der Waals surface area contributed by atoms with Crippen LogP contribution in [-0.4, -0.2) is 5.91 Å². The predicted molar refractivity (Wildman–Crippen MR) is 57.0 cm³/mol. The summed E-state index contributed by atoms with van der Waals surface area (Å²) in [7, 11) is 0. The third-order valence-electron chi connectivity index (χ3n) is 2.83. The Morgan fingerprint density at radius 2 is 2.25 bits per heavy atom. The van der Waals surface area contributed by atoms with Crippen LogP contribution in [0.2, 0.25) is 0 Å². The molecule has 1 aromatic carbocycles. The minimum Gasteiger partial charge on any atom is -0.325 e. The average Bonchev–Trinajstić information content (AvgIpc) is 3.04. The van der Waals surface area contributed by atoms with E-state index in [2.05, 4.69) is 5.32 Å². The molecule has 2 rings (SSSR count). The van der Waals surface area contributed by atoms with Gasteiger partial charge in [0.25, 0.3) is 0 Å². The van der Waals surface area contributed by atoms with Gasteiger partial charge in [-0.2, -0.15) is 5.26 Å². The van der Waals surface area contributed by atoms with E-state index < -0.39 is 5.41 Å². The Balaban J connectivity index is 2.13. The lowest BCUT2D eigenvalue weighted by Gasteiger charge is -2.08. The number of hydrogen-bond acceptors (Lipinski definition) is 2. The molecule has 0 unspecified atom stereocenters. The van der Waals surface area contributed by atoms with E-state index in [1.54, 1.807) is 19.1 Å². The molecule has 0 saturated heterocycles. The van der Waals surface area contributed by atoms with Crippen LogP contribution < -0.4 is 5.32 Å². The first-order valence-corrected chi connectivity index (χ1v) is 5.06. The number of rotatable bonds is 2. The summed E-state index contributed by atoms with van der Waals surface area (Å²) in [5.41, 5.74) is 0.0514. The quantitative estimate of drug-likeness (QED) is 0.828. The molecule has 1 amide bonds. The molecule has 0 heterocycles. The van der Waals surface area contributed by atoms with Crippen LogP contribution in [0.25, 0.3) is 0 Å². The van der Waals surface area contributed by atoms with Crippen molar-refractivity contribution < 1.29 is 9.18 Å². The molecule has 1 aromatic rings. The van der Waals surface area contributed by atoms with E-state index in [9.17, 15) is 9.18 Å². The number of amides is 1. The van der Waals surface area contributed by atoms with Crippen LogP contribution in [0, 0.1) is 29.5 Å². The van der Waals surface area contributed by atoms with Gasteiger partial charge in [0.05, 0.1) is 6.07 Å². The van der Waals surface area contributed by atoms with Crippen LogP contribution in [0.5, 0.6) is 0 Å². The van der Waals surface area contributed by atoms with Gasteiger partial charge in [-0.25, -0.2) is 4.39 Å². The Morgan fingerprint density at radius 3 is 2.75 bits per heavy atom. The van der Waals surface area contributed by atoms with Crippen molar-refractivity contribution in [1.29, 1.82) is 5.26 Å². The lowest BCUT2D eigenvalue weighted by atomic mass is 10.1. The Morgan fingerprint density at radius 1 is 1.56 bits per heavy atom. The maximum absolute atomic E-state index is 13.2. The van der Waals surface area contributed by atoms with Gasteiger partial charge < -0.3 is 5.32 Å². The second-order valence-corrected chi connectivity index (χ2v) is 4.11. The summed E-state index contributed by atoms with van der Waals surface area (Å²) in [5, 5.41) is 11.4. The van der Waals surface area contributed by atoms with E-state index in [1.165, 1.54) is 6.07 Å². The molecule has 0 aromatic heterocycles. The minimum atomic E-state index is -0.874. The van der Waals surface area contributed by atoms with Crippen LogP contribution >= 0.6 is 0 Å². The van der Waals surface area contributed by atoms with Gasteiger partial charge in [-0.1, -0.05) is 6.07 Å². The zero-order valence-electron chi connectivity index (χ0n) is 8.88. The van der Waals surface area contributed by atoms with E-state index >= 15 is 0 Å². The van der Waals surface area contributed by atoms with Crippen molar-refractivity contribution >= 4 is 11.6 Å². The number of carbonyl (C=O) groups is 1. The monoisotopic (exact) mass is 218 g/mol. The van der Waals surface area contributed by atoms with Gasteiger partial charge in [0.1, 0.15) is 11.2 Å². The van der Waals surface area contributed by atoms with Gasteiger partial charge in [0.2, 0.25) is 5.91 Å². The maximum atomic E-state index is 13.2. The summed E-state index contributed by atoms with van der Waals surface area (Å²) >= 11 is 0. The van der Waals surface area contributed by atoms with Gasteiger partial charge in [-0.3, -0.25) is 4.79 Å². The number of aryl methyl sites for hydroxylation is 1. The molecular weight excluding hydrogens is 207 g/mol. The van der Waals surface area contributed by atoms with Gasteiger partial charge >= 0.3 is 0 Å². The van der Waals surface area contributed by atoms with E-state index in [4.69, 9.17) is 5.26 Å². The molecule has 1 N–H and O–H groups in total. The first-order chi connectivity index (χ1) is 7.57. The molecule has 0 aliphatic heterocycles. The topological polar surface area (TPSA) is 52.9 Å².